The van der Waals surface area contributed by atoms with Crippen molar-refractivity contribution in [2.45, 2.75) is 25.2 Å². The van der Waals surface area contributed by atoms with Crippen LogP contribution < -0.4 is 5.73 Å². The third kappa shape index (κ3) is 2.21. The largest absolute Gasteiger partial charge is 0.330 e. The van der Waals surface area contributed by atoms with Crippen molar-refractivity contribution in [1.82, 2.24) is 4.98 Å². The van der Waals surface area contributed by atoms with Gasteiger partial charge in [0.15, 0.2) is 0 Å². The van der Waals surface area contributed by atoms with Crippen LogP contribution in [0.4, 0.5) is 0 Å². The van der Waals surface area contributed by atoms with E-state index in [-0.39, 0.29) is 0 Å². The Bertz CT molecular complexity index is 532. The van der Waals surface area contributed by atoms with Crippen molar-refractivity contribution in [2.75, 3.05) is 6.54 Å². The molecule has 1 aliphatic carbocycles. The fraction of sp³-hybridized carbons (Fsp3) is 0.417. The van der Waals surface area contributed by atoms with Crippen molar-refractivity contribution in [3.63, 3.8) is 0 Å². The van der Waals surface area contributed by atoms with E-state index >= 15 is 0 Å². The molecule has 0 fully saturated rings. The topological polar surface area (TPSA) is 38.9 Å². The second-order valence-electron chi connectivity index (χ2n) is 4.28. The van der Waals surface area contributed by atoms with Crippen LogP contribution in [0.2, 0.25) is 0 Å². The van der Waals surface area contributed by atoms with Crippen molar-refractivity contribution in [1.29, 1.82) is 0 Å². The maximum absolute atomic E-state index is 5.83. The zero-order chi connectivity index (χ0) is 11.8. The van der Waals surface area contributed by atoms with E-state index in [4.69, 9.17) is 10.7 Å². The van der Waals surface area contributed by atoms with Gasteiger partial charge in [0.1, 0.15) is 5.01 Å². The van der Waals surface area contributed by atoms with Crippen LogP contribution in [0.5, 0.6) is 0 Å². The van der Waals surface area contributed by atoms with Gasteiger partial charge in [-0.15, -0.1) is 22.7 Å². The molecule has 0 bridgehead atoms. The highest BCUT2D eigenvalue weighted by molar-refractivity contribution is 9.10. The predicted octanol–water partition coefficient (Wildman–Crippen LogP) is 4.01. The molecule has 2 aromatic heterocycles. The zero-order valence-corrected chi connectivity index (χ0v) is 12.5. The molecule has 0 saturated carbocycles. The molecule has 1 unspecified atom stereocenters. The molecule has 2 aromatic rings. The van der Waals surface area contributed by atoms with Gasteiger partial charge in [-0.3, -0.25) is 0 Å². The number of halogens is 1. The van der Waals surface area contributed by atoms with E-state index in [1.807, 2.05) is 11.3 Å². The van der Waals surface area contributed by atoms with E-state index in [2.05, 4.69) is 27.4 Å². The lowest BCUT2D eigenvalue weighted by molar-refractivity contribution is 0.554. The number of aromatic nitrogens is 1. The van der Waals surface area contributed by atoms with Crippen molar-refractivity contribution < 1.29 is 0 Å². The number of rotatable bonds is 2. The number of nitrogens with two attached hydrogens (primary N) is 1. The summed E-state index contributed by atoms with van der Waals surface area (Å²) in [4.78, 5) is 7.52. The van der Waals surface area contributed by atoms with Crippen LogP contribution in [0.15, 0.2) is 15.9 Å². The van der Waals surface area contributed by atoms with Crippen molar-refractivity contribution >= 4 is 38.6 Å². The van der Waals surface area contributed by atoms with Crippen LogP contribution in [-0.4, -0.2) is 11.5 Å². The molecule has 0 amide bonds. The van der Waals surface area contributed by atoms with E-state index in [0.717, 1.165) is 16.0 Å². The highest BCUT2D eigenvalue weighted by atomic mass is 79.9. The number of thiazole rings is 1. The second-order valence-corrected chi connectivity index (χ2v) is 7.19. The molecule has 0 aliphatic heterocycles. The summed E-state index contributed by atoms with van der Waals surface area (Å²) in [6, 6.07) is 2.15. The predicted molar refractivity (Wildman–Crippen MR) is 77.9 cm³/mol. The lowest BCUT2D eigenvalue weighted by Crippen LogP contribution is -2.17. The zero-order valence-electron chi connectivity index (χ0n) is 9.28. The summed E-state index contributed by atoms with van der Waals surface area (Å²) < 4.78 is 1.14. The molecule has 0 spiro atoms. The summed E-state index contributed by atoms with van der Waals surface area (Å²) in [5.41, 5.74) is 7.10. The molecule has 90 valence electrons. The van der Waals surface area contributed by atoms with Crippen LogP contribution in [0.25, 0.3) is 9.88 Å². The molecule has 1 aliphatic rings. The molecular formula is C12H13BrN2S2. The molecule has 0 radical (unpaired) electrons. The van der Waals surface area contributed by atoms with Gasteiger partial charge in [0.2, 0.25) is 0 Å². The van der Waals surface area contributed by atoms with E-state index in [9.17, 15) is 0 Å². The monoisotopic (exact) mass is 328 g/mol. The van der Waals surface area contributed by atoms with Gasteiger partial charge in [0.25, 0.3) is 0 Å². The summed E-state index contributed by atoms with van der Waals surface area (Å²) in [7, 11) is 0. The molecule has 5 heteroatoms. The molecule has 17 heavy (non-hydrogen) atoms. The minimum absolute atomic E-state index is 0.479. The molecule has 2 nitrogen and oxygen atoms in total. The molecule has 0 saturated heterocycles. The normalized spacial score (nSPS) is 19.3. The van der Waals surface area contributed by atoms with Crippen LogP contribution in [0.3, 0.4) is 0 Å². The van der Waals surface area contributed by atoms with Gasteiger partial charge in [-0.25, -0.2) is 4.98 Å². The Kier molecular flexibility index (Phi) is 3.34. The maximum Gasteiger partial charge on any atom is 0.133 e. The molecule has 0 aromatic carbocycles. The average molecular weight is 329 g/mol. The number of fused-ring (bicyclic) bond motifs is 1. The number of aryl methyl sites for hydroxylation is 1. The summed E-state index contributed by atoms with van der Waals surface area (Å²) in [5.74, 6) is 0.479. The smallest absolute Gasteiger partial charge is 0.133 e. The summed E-state index contributed by atoms with van der Waals surface area (Å²) in [5, 5.41) is 3.27. The number of nitrogens with zero attached hydrogens (tertiary/aromatic N) is 1. The van der Waals surface area contributed by atoms with Gasteiger partial charge in [-0.05, 0) is 41.3 Å². The van der Waals surface area contributed by atoms with Crippen LogP contribution in [-0.2, 0) is 6.42 Å². The lowest BCUT2D eigenvalue weighted by atomic mass is 9.91. The lowest BCUT2D eigenvalue weighted by Gasteiger charge is -2.18. The first-order valence-electron chi connectivity index (χ1n) is 5.72. The fourth-order valence-electron chi connectivity index (χ4n) is 2.27. The molecule has 1 atom stereocenters. The van der Waals surface area contributed by atoms with Crippen LogP contribution in [0, 0.1) is 0 Å². The first kappa shape index (κ1) is 11.8. The Morgan fingerprint density at radius 3 is 3.12 bits per heavy atom. The first-order valence-corrected chi connectivity index (χ1v) is 8.21. The second kappa shape index (κ2) is 4.80. The third-order valence-corrected chi connectivity index (χ3v) is 6.12. The Morgan fingerprint density at radius 1 is 1.53 bits per heavy atom. The minimum atomic E-state index is 0.479. The van der Waals surface area contributed by atoms with E-state index in [1.54, 1.807) is 11.3 Å². The van der Waals surface area contributed by atoms with Gasteiger partial charge in [-0.1, -0.05) is 0 Å². The number of thiophene rings is 1. The van der Waals surface area contributed by atoms with Gasteiger partial charge >= 0.3 is 0 Å². The van der Waals surface area contributed by atoms with Gasteiger partial charge in [0, 0.05) is 27.2 Å². The van der Waals surface area contributed by atoms with E-state index in [1.165, 1.54) is 34.7 Å². The quantitative estimate of drug-likeness (QED) is 0.904. The van der Waals surface area contributed by atoms with Gasteiger partial charge in [0.05, 0.1) is 10.6 Å². The summed E-state index contributed by atoms with van der Waals surface area (Å²) in [6.45, 7) is 0.726. The van der Waals surface area contributed by atoms with E-state index in [0.29, 0.717) is 5.92 Å². The number of hydrogen-bond donors (Lipinski definition) is 1. The fourth-order valence-corrected chi connectivity index (χ4v) is 4.95. The number of hydrogen-bond acceptors (Lipinski definition) is 4. The Labute approximate surface area is 117 Å². The van der Waals surface area contributed by atoms with Crippen molar-refractivity contribution in [3.8, 4) is 9.88 Å². The van der Waals surface area contributed by atoms with E-state index < -0.39 is 0 Å². The third-order valence-electron chi connectivity index (χ3n) is 3.13. The molecular weight excluding hydrogens is 316 g/mol. The highest BCUT2D eigenvalue weighted by Gasteiger charge is 2.24. The minimum Gasteiger partial charge on any atom is -0.330 e. The van der Waals surface area contributed by atoms with Crippen LogP contribution >= 0.6 is 38.6 Å². The van der Waals surface area contributed by atoms with Crippen molar-refractivity contribution in [3.05, 3.63) is 26.5 Å². The first-order chi connectivity index (χ1) is 8.28. The van der Waals surface area contributed by atoms with Gasteiger partial charge < -0.3 is 5.73 Å². The van der Waals surface area contributed by atoms with Crippen LogP contribution in [0.1, 0.15) is 29.3 Å². The Balaban J connectivity index is 2.01. The van der Waals surface area contributed by atoms with Crippen molar-refractivity contribution in [2.24, 2.45) is 5.73 Å². The Hall–Kier alpha value is -0.230. The Morgan fingerprint density at radius 2 is 2.41 bits per heavy atom. The molecule has 2 N–H and O–H groups in total. The molecule has 3 rings (SSSR count). The van der Waals surface area contributed by atoms with Gasteiger partial charge in [-0.2, -0.15) is 0 Å². The summed E-state index contributed by atoms with van der Waals surface area (Å²) in [6.07, 6.45) is 3.63. The maximum atomic E-state index is 5.83. The average Bonchev–Trinajstić information content (AvgIpc) is 2.93. The standard InChI is InChI=1S/C12H13BrN2S2/c13-8-4-10(16-6-8)12-15-11-7(5-14)2-1-3-9(11)17-12/h4,6-7H,1-3,5,14H2. The highest BCUT2D eigenvalue weighted by Crippen LogP contribution is 2.40. The molecule has 2 heterocycles. The SMILES string of the molecule is NCC1CCCc2sc(-c3cc(Br)cs3)nc21. The summed E-state index contributed by atoms with van der Waals surface area (Å²) >= 11 is 7.08.